The highest BCUT2D eigenvalue weighted by Crippen LogP contribution is 2.49. The Balaban J connectivity index is 0.00000274. The van der Waals surface area contributed by atoms with Gasteiger partial charge >= 0.3 is 0 Å². The number of hydrogen-bond donors (Lipinski definition) is 1. The molecular formula is C26H30Cl2N2O2S2. The number of furan rings is 1. The van der Waals surface area contributed by atoms with Gasteiger partial charge in [0.1, 0.15) is 15.8 Å². The molecule has 2 heterocycles. The van der Waals surface area contributed by atoms with E-state index in [0.29, 0.717) is 20.2 Å². The van der Waals surface area contributed by atoms with E-state index in [1.165, 1.54) is 31.0 Å². The minimum Gasteiger partial charge on any atom is -0.456 e. The minimum absolute atomic E-state index is 0. The Bertz CT molecular complexity index is 1100. The molecular weight excluding hydrogens is 507 g/mol. The van der Waals surface area contributed by atoms with Gasteiger partial charge in [0.15, 0.2) is 0 Å². The third-order valence-corrected chi connectivity index (χ3v) is 8.98. The van der Waals surface area contributed by atoms with Crippen LogP contribution in [0.5, 0.6) is 0 Å². The largest absolute Gasteiger partial charge is 0.456 e. The molecule has 1 aromatic heterocycles. The maximum absolute atomic E-state index is 13.4. The Kier molecular flexibility index (Phi) is 8.15. The van der Waals surface area contributed by atoms with Crippen molar-refractivity contribution in [1.82, 2.24) is 4.90 Å². The second kappa shape index (κ2) is 10.8. The number of benzene rings is 1. The van der Waals surface area contributed by atoms with Gasteiger partial charge in [-0.25, -0.2) is 0 Å². The molecule has 1 aromatic carbocycles. The maximum atomic E-state index is 13.4. The van der Waals surface area contributed by atoms with Gasteiger partial charge < -0.3 is 10.2 Å². The molecule has 3 aliphatic rings. The number of rotatable bonds is 7. The standard InChI is InChI=1S/C26H29ClN2O2S2.ClH/c1-2-20(28)10-7-18-13-22(16-5-8-19(27)9-6-16)31-23(18)14-24-25(30)29(26(32)33-24)21-12-15-3-4-17(21)11-15;/h5-6,8-9,13-15,17,20-21H,2-4,7,10-12,28H2,1H3;1H/b24-14-;. The lowest BCUT2D eigenvalue weighted by atomic mass is 9.94. The van der Waals surface area contributed by atoms with E-state index in [1.54, 1.807) is 0 Å². The molecule has 8 heteroatoms. The summed E-state index contributed by atoms with van der Waals surface area (Å²) in [5.74, 6) is 2.87. The molecule has 3 fully saturated rings. The Morgan fingerprint density at radius 1 is 1.29 bits per heavy atom. The molecule has 1 saturated heterocycles. The minimum atomic E-state index is 0. The molecule has 1 amide bonds. The Hall–Kier alpha value is -1.31. The molecule has 4 unspecified atom stereocenters. The average molecular weight is 538 g/mol. The lowest BCUT2D eigenvalue weighted by Gasteiger charge is -2.30. The molecule has 34 heavy (non-hydrogen) atoms. The zero-order valence-electron chi connectivity index (χ0n) is 19.2. The van der Waals surface area contributed by atoms with Crippen molar-refractivity contribution < 1.29 is 9.21 Å². The van der Waals surface area contributed by atoms with Gasteiger partial charge in [0.2, 0.25) is 0 Å². The van der Waals surface area contributed by atoms with Crippen LogP contribution < -0.4 is 5.73 Å². The molecule has 2 N–H and O–H groups in total. The number of fused-ring (bicyclic) bond motifs is 2. The van der Waals surface area contributed by atoms with Crippen molar-refractivity contribution in [3.8, 4) is 11.3 Å². The smallest absolute Gasteiger partial charge is 0.266 e. The molecule has 4 atom stereocenters. The van der Waals surface area contributed by atoms with E-state index < -0.39 is 0 Å². The number of thiocarbonyl (C=S) groups is 1. The predicted octanol–water partition coefficient (Wildman–Crippen LogP) is 7.08. The van der Waals surface area contributed by atoms with Gasteiger partial charge in [0.05, 0.1) is 4.91 Å². The molecule has 2 bridgehead atoms. The first-order valence-electron chi connectivity index (χ1n) is 11.8. The summed E-state index contributed by atoms with van der Waals surface area (Å²) in [6, 6.07) is 10.1. The van der Waals surface area contributed by atoms with Gasteiger partial charge in [-0.05, 0) is 86.3 Å². The zero-order valence-corrected chi connectivity index (χ0v) is 22.4. The lowest BCUT2D eigenvalue weighted by molar-refractivity contribution is -0.124. The van der Waals surface area contributed by atoms with Crippen molar-refractivity contribution in [1.29, 1.82) is 0 Å². The second-order valence-electron chi connectivity index (χ2n) is 9.51. The van der Waals surface area contributed by atoms with Gasteiger partial charge in [0.25, 0.3) is 5.91 Å². The van der Waals surface area contributed by atoms with E-state index >= 15 is 0 Å². The Morgan fingerprint density at radius 2 is 2.06 bits per heavy atom. The number of carbonyl (C=O) groups excluding carboxylic acids is 1. The average Bonchev–Trinajstić information content (AvgIpc) is 3.57. The third-order valence-electron chi connectivity index (χ3n) is 7.40. The van der Waals surface area contributed by atoms with Crippen LogP contribution in [0.2, 0.25) is 5.02 Å². The van der Waals surface area contributed by atoms with Crippen LogP contribution in [0.3, 0.4) is 0 Å². The quantitative estimate of drug-likeness (QED) is 0.302. The molecule has 4 nitrogen and oxygen atoms in total. The van der Waals surface area contributed by atoms with E-state index in [-0.39, 0.29) is 30.4 Å². The number of carbonyl (C=O) groups is 1. The van der Waals surface area contributed by atoms with Crippen LogP contribution >= 0.6 is 48.0 Å². The normalized spacial score (nSPS) is 25.9. The molecule has 2 aromatic rings. The highest BCUT2D eigenvalue weighted by atomic mass is 35.5. The summed E-state index contributed by atoms with van der Waals surface area (Å²) < 4.78 is 6.96. The molecule has 0 radical (unpaired) electrons. The van der Waals surface area contributed by atoms with Crippen LogP contribution in [-0.2, 0) is 11.2 Å². The fourth-order valence-electron chi connectivity index (χ4n) is 5.47. The highest BCUT2D eigenvalue weighted by molar-refractivity contribution is 8.26. The van der Waals surface area contributed by atoms with E-state index in [9.17, 15) is 4.79 Å². The number of halogens is 2. The number of aryl methyl sites for hydroxylation is 1. The van der Waals surface area contributed by atoms with Crippen molar-refractivity contribution in [2.45, 2.75) is 64.0 Å². The number of nitrogens with zero attached hydrogens (tertiary/aromatic N) is 1. The molecule has 2 saturated carbocycles. The maximum Gasteiger partial charge on any atom is 0.266 e. The second-order valence-corrected chi connectivity index (χ2v) is 11.6. The van der Waals surface area contributed by atoms with Crippen molar-refractivity contribution >= 4 is 64.3 Å². The van der Waals surface area contributed by atoms with Crippen LogP contribution in [0.1, 0.15) is 56.8 Å². The van der Waals surface area contributed by atoms with E-state index in [0.717, 1.165) is 54.2 Å². The zero-order chi connectivity index (χ0) is 23.1. The SMILES string of the molecule is CCC(N)CCc1cc(-c2ccc(Cl)cc2)oc1/C=C1\SC(=S)N(C2CC3CCC2C3)C1=O.Cl. The van der Waals surface area contributed by atoms with Gasteiger partial charge in [-0.1, -0.05) is 48.9 Å². The molecule has 2 aliphatic carbocycles. The first-order valence-corrected chi connectivity index (χ1v) is 13.4. The van der Waals surface area contributed by atoms with E-state index in [2.05, 4.69) is 13.0 Å². The highest BCUT2D eigenvalue weighted by Gasteiger charge is 2.48. The van der Waals surface area contributed by atoms with Gasteiger partial charge in [-0.3, -0.25) is 9.69 Å². The summed E-state index contributed by atoms with van der Waals surface area (Å²) in [6.45, 7) is 2.10. The van der Waals surface area contributed by atoms with Crippen LogP contribution in [0.25, 0.3) is 17.4 Å². The van der Waals surface area contributed by atoms with E-state index in [4.69, 9.17) is 34.0 Å². The number of thioether (sulfide) groups is 1. The number of hydrogen-bond acceptors (Lipinski definition) is 5. The number of nitrogens with two attached hydrogens (primary N) is 1. The lowest BCUT2D eigenvalue weighted by Crippen LogP contribution is -2.41. The van der Waals surface area contributed by atoms with Crippen LogP contribution in [-0.4, -0.2) is 27.2 Å². The van der Waals surface area contributed by atoms with Gasteiger partial charge in [-0.2, -0.15) is 0 Å². The van der Waals surface area contributed by atoms with Gasteiger partial charge in [0, 0.05) is 28.7 Å². The van der Waals surface area contributed by atoms with Crippen molar-refractivity contribution in [2.24, 2.45) is 17.6 Å². The summed E-state index contributed by atoms with van der Waals surface area (Å²) in [4.78, 5) is 15.9. The summed E-state index contributed by atoms with van der Waals surface area (Å²) in [6.07, 6.45) is 9.33. The molecule has 182 valence electrons. The Morgan fingerprint density at radius 3 is 2.71 bits per heavy atom. The predicted molar refractivity (Wildman–Crippen MR) is 147 cm³/mol. The van der Waals surface area contributed by atoms with Gasteiger partial charge in [-0.15, -0.1) is 12.4 Å². The molecule has 1 aliphatic heterocycles. The van der Waals surface area contributed by atoms with Crippen molar-refractivity contribution in [3.05, 3.63) is 51.6 Å². The van der Waals surface area contributed by atoms with Crippen molar-refractivity contribution in [2.75, 3.05) is 0 Å². The fourth-order valence-corrected chi connectivity index (χ4v) is 6.94. The van der Waals surface area contributed by atoms with Crippen LogP contribution in [0.15, 0.2) is 39.7 Å². The first-order chi connectivity index (χ1) is 15.9. The summed E-state index contributed by atoms with van der Waals surface area (Å²) in [5, 5.41) is 0.684. The first kappa shape index (κ1) is 25.8. The Labute approximate surface area is 222 Å². The summed E-state index contributed by atoms with van der Waals surface area (Å²) >= 11 is 13.1. The fraction of sp³-hybridized carbons (Fsp3) is 0.462. The number of amides is 1. The van der Waals surface area contributed by atoms with Crippen LogP contribution in [0.4, 0.5) is 0 Å². The molecule has 5 rings (SSSR count). The summed E-state index contributed by atoms with van der Waals surface area (Å²) in [5.41, 5.74) is 8.20. The van der Waals surface area contributed by atoms with Crippen molar-refractivity contribution in [3.63, 3.8) is 0 Å². The monoisotopic (exact) mass is 536 g/mol. The third kappa shape index (κ3) is 5.12. The summed E-state index contributed by atoms with van der Waals surface area (Å²) in [7, 11) is 0. The van der Waals surface area contributed by atoms with Crippen LogP contribution in [0, 0.1) is 11.8 Å². The van der Waals surface area contributed by atoms with E-state index in [1.807, 2.05) is 35.2 Å². The molecule has 0 spiro atoms. The topological polar surface area (TPSA) is 59.5 Å².